The number of nitrogens with one attached hydrogen (secondary N) is 1. The van der Waals surface area contributed by atoms with Crippen molar-refractivity contribution in [3.05, 3.63) is 65.1 Å². The molecule has 0 radical (unpaired) electrons. The number of carbonyl (C=O) groups is 2. The Kier molecular flexibility index (Phi) is 6.29. The number of nitrogens with zero attached hydrogens (tertiary/aromatic N) is 2. The number of ketones is 1. The van der Waals surface area contributed by atoms with Crippen molar-refractivity contribution in [2.75, 3.05) is 20.3 Å². The Morgan fingerprint density at radius 2 is 1.90 bits per heavy atom. The van der Waals surface area contributed by atoms with Gasteiger partial charge in [-0.05, 0) is 32.9 Å². The molecular formula is C22H25N3O4. The van der Waals surface area contributed by atoms with E-state index in [-0.39, 0.29) is 24.1 Å². The minimum absolute atomic E-state index is 0.102. The normalized spacial score (nSPS) is 12.0. The van der Waals surface area contributed by atoms with Crippen LogP contribution in [-0.2, 0) is 9.47 Å². The number of hydrogen-bond acceptors (Lipinski definition) is 5. The summed E-state index contributed by atoms with van der Waals surface area (Å²) in [5, 5.41) is 6.80. The van der Waals surface area contributed by atoms with E-state index in [1.165, 1.54) is 0 Å². The zero-order chi connectivity index (χ0) is 21.0. The zero-order valence-corrected chi connectivity index (χ0v) is 17.1. The van der Waals surface area contributed by atoms with Gasteiger partial charge in [-0.3, -0.25) is 9.89 Å². The van der Waals surface area contributed by atoms with Gasteiger partial charge in [-0.15, -0.1) is 0 Å². The average Bonchev–Trinajstić information content (AvgIpc) is 3.32. The topological polar surface area (TPSA) is 86.2 Å². The predicted octanol–water partition coefficient (Wildman–Crippen LogP) is 3.74. The van der Waals surface area contributed by atoms with Crippen molar-refractivity contribution in [2.24, 2.45) is 0 Å². The Bertz CT molecular complexity index is 1000. The van der Waals surface area contributed by atoms with Crippen molar-refractivity contribution >= 4 is 11.8 Å². The summed E-state index contributed by atoms with van der Waals surface area (Å²) in [7, 11) is 1.65. The van der Waals surface area contributed by atoms with E-state index >= 15 is 0 Å². The highest BCUT2D eigenvalue weighted by molar-refractivity contribution is 6.00. The number of ether oxygens (including phenoxy) is 2. The number of carbonyl (C=O) groups excluding carboxylic acids is 2. The largest absolute Gasteiger partial charge is 0.453 e. The zero-order valence-electron chi connectivity index (χ0n) is 17.1. The first-order valence-corrected chi connectivity index (χ1v) is 9.41. The lowest BCUT2D eigenvalue weighted by molar-refractivity contribution is 0.0468. The molecule has 1 aromatic carbocycles. The van der Waals surface area contributed by atoms with Gasteiger partial charge in [0.15, 0.2) is 6.61 Å². The Labute approximate surface area is 169 Å². The molecule has 0 saturated carbocycles. The van der Waals surface area contributed by atoms with Crippen LogP contribution in [0.25, 0.3) is 11.3 Å². The molecule has 0 bridgehead atoms. The molecule has 3 aromatic rings. The number of H-pyrrole nitrogens is 1. The number of benzene rings is 1. The molecular weight excluding hydrogens is 370 g/mol. The first kappa shape index (κ1) is 20.5. The van der Waals surface area contributed by atoms with Crippen LogP contribution in [0.5, 0.6) is 0 Å². The maximum Gasteiger partial charge on any atom is 0.356 e. The second-order valence-electron chi connectivity index (χ2n) is 6.99. The van der Waals surface area contributed by atoms with Crippen LogP contribution in [0.4, 0.5) is 0 Å². The summed E-state index contributed by atoms with van der Waals surface area (Å²) in [5.41, 5.74) is 4.07. The van der Waals surface area contributed by atoms with E-state index in [1.807, 2.05) is 57.2 Å². The van der Waals surface area contributed by atoms with Crippen molar-refractivity contribution in [3.63, 3.8) is 0 Å². The highest BCUT2D eigenvalue weighted by Crippen LogP contribution is 2.22. The molecule has 29 heavy (non-hydrogen) atoms. The van der Waals surface area contributed by atoms with Crippen molar-refractivity contribution in [1.82, 2.24) is 14.8 Å². The Balaban J connectivity index is 1.66. The van der Waals surface area contributed by atoms with Gasteiger partial charge in [-0.25, -0.2) is 4.79 Å². The number of Topliss-reactive ketones (excluding diaryl/α,β-unsaturated/α-hetero) is 1. The van der Waals surface area contributed by atoms with Gasteiger partial charge in [0.05, 0.1) is 18.3 Å². The number of aromatic amines is 1. The molecule has 1 N–H and O–H groups in total. The van der Waals surface area contributed by atoms with Gasteiger partial charge in [0.25, 0.3) is 0 Å². The van der Waals surface area contributed by atoms with Crippen LogP contribution in [0.2, 0.25) is 0 Å². The monoisotopic (exact) mass is 395 g/mol. The van der Waals surface area contributed by atoms with E-state index in [0.29, 0.717) is 17.9 Å². The van der Waals surface area contributed by atoms with E-state index in [9.17, 15) is 9.59 Å². The van der Waals surface area contributed by atoms with E-state index in [1.54, 1.807) is 13.2 Å². The van der Waals surface area contributed by atoms with Crippen LogP contribution in [0.3, 0.4) is 0 Å². The quantitative estimate of drug-likeness (QED) is 0.464. The van der Waals surface area contributed by atoms with Crippen LogP contribution in [-0.4, -0.2) is 46.8 Å². The smallest absolute Gasteiger partial charge is 0.356 e. The summed E-state index contributed by atoms with van der Waals surface area (Å²) in [6, 6.07) is 13.0. The lowest BCUT2D eigenvalue weighted by Gasteiger charge is -2.17. The van der Waals surface area contributed by atoms with Gasteiger partial charge in [0, 0.05) is 29.6 Å². The summed E-state index contributed by atoms with van der Waals surface area (Å²) in [4.78, 5) is 24.9. The number of rotatable bonds is 8. The van der Waals surface area contributed by atoms with Crippen LogP contribution < -0.4 is 0 Å². The molecule has 152 valence electrons. The van der Waals surface area contributed by atoms with E-state index in [2.05, 4.69) is 14.8 Å². The van der Waals surface area contributed by atoms with E-state index in [4.69, 9.17) is 9.47 Å². The molecule has 2 aromatic heterocycles. The number of esters is 1. The lowest BCUT2D eigenvalue weighted by Crippen LogP contribution is -2.17. The molecule has 2 heterocycles. The summed E-state index contributed by atoms with van der Waals surface area (Å²) < 4.78 is 12.5. The Morgan fingerprint density at radius 1 is 1.17 bits per heavy atom. The van der Waals surface area contributed by atoms with Gasteiger partial charge in [-0.2, -0.15) is 5.10 Å². The first-order chi connectivity index (χ1) is 13.9. The summed E-state index contributed by atoms with van der Waals surface area (Å²) in [6.45, 7) is 6.07. The fourth-order valence-corrected chi connectivity index (χ4v) is 3.52. The second-order valence-corrected chi connectivity index (χ2v) is 6.99. The second kappa shape index (κ2) is 8.87. The number of hydrogen-bond donors (Lipinski definition) is 1. The third-order valence-electron chi connectivity index (χ3n) is 4.84. The molecule has 0 aliphatic rings. The van der Waals surface area contributed by atoms with Crippen LogP contribution in [0.1, 0.15) is 45.2 Å². The lowest BCUT2D eigenvalue weighted by atomic mass is 10.1. The molecule has 7 nitrogen and oxygen atoms in total. The highest BCUT2D eigenvalue weighted by atomic mass is 16.5. The molecule has 0 spiro atoms. The highest BCUT2D eigenvalue weighted by Gasteiger charge is 2.21. The third kappa shape index (κ3) is 4.46. The van der Waals surface area contributed by atoms with Gasteiger partial charge in [-0.1, -0.05) is 30.3 Å². The molecule has 0 amide bonds. The van der Waals surface area contributed by atoms with Gasteiger partial charge < -0.3 is 14.0 Å². The maximum absolute atomic E-state index is 12.6. The number of methoxy groups -OCH3 is 1. The minimum atomic E-state index is -0.616. The summed E-state index contributed by atoms with van der Waals surface area (Å²) in [6.07, 6.45) is 0. The Hall–Kier alpha value is -3.19. The standard InChI is InChI=1S/C22H25N3O4/c1-14-10-18(16(3)25(14)15(2)12-28-4)21(26)13-29-22(27)20-11-19(23-24-20)17-8-6-5-7-9-17/h5-11,15H,12-13H2,1-4H3,(H,23,24)/t15-/m0/s1. The van der Waals surface area contributed by atoms with E-state index in [0.717, 1.165) is 17.0 Å². The van der Waals surface area contributed by atoms with Crippen molar-refractivity contribution in [3.8, 4) is 11.3 Å². The molecule has 0 aliphatic carbocycles. The van der Waals surface area contributed by atoms with E-state index < -0.39 is 5.97 Å². The number of aromatic nitrogens is 3. The minimum Gasteiger partial charge on any atom is -0.453 e. The van der Waals surface area contributed by atoms with Crippen molar-refractivity contribution < 1.29 is 19.1 Å². The molecule has 0 unspecified atom stereocenters. The number of aryl methyl sites for hydroxylation is 1. The van der Waals surface area contributed by atoms with Crippen molar-refractivity contribution in [1.29, 1.82) is 0 Å². The molecule has 0 aliphatic heterocycles. The van der Waals surface area contributed by atoms with Crippen LogP contribution in [0.15, 0.2) is 42.5 Å². The Morgan fingerprint density at radius 3 is 2.59 bits per heavy atom. The van der Waals surface area contributed by atoms with Crippen LogP contribution >= 0.6 is 0 Å². The molecule has 0 saturated heterocycles. The maximum atomic E-state index is 12.6. The molecule has 0 fully saturated rings. The fraction of sp³-hybridized carbons (Fsp3) is 0.318. The molecule has 3 rings (SSSR count). The van der Waals surface area contributed by atoms with Gasteiger partial charge in [0.1, 0.15) is 5.69 Å². The fourth-order valence-electron chi connectivity index (χ4n) is 3.52. The van der Waals surface area contributed by atoms with Gasteiger partial charge in [0.2, 0.25) is 5.78 Å². The molecule has 7 heteroatoms. The first-order valence-electron chi connectivity index (χ1n) is 9.41. The third-order valence-corrected chi connectivity index (χ3v) is 4.84. The van der Waals surface area contributed by atoms with Crippen molar-refractivity contribution in [2.45, 2.75) is 26.8 Å². The summed E-state index contributed by atoms with van der Waals surface area (Å²) >= 11 is 0. The molecule has 1 atom stereocenters. The average molecular weight is 395 g/mol. The predicted molar refractivity (Wildman–Crippen MR) is 109 cm³/mol. The van der Waals surface area contributed by atoms with Gasteiger partial charge >= 0.3 is 5.97 Å². The SMILES string of the molecule is COC[C@H](C)n1c(C)cc(C(=O)COC(=O)c2cc(-c3ccccc3)n[nH]2)c1C. The summed E-state index contributed by atoms with van der Waals surface area (Å²) in [5.74, 6) is -0.861. The van der Waals surface area contributed by atoms with Crippen LogP contribution in [0, 0.1) is 13.8 Å².